The molecule has 0 aliphatic rings. The highest BCUT2D eigenvalue weighted by Crippen LogP contribution is 2.32. The highest BCUT2D eigenvalue weighted by molar-refractivity contribution is 7.91. The molecule has 2 aromatic heterocycles. The highest BCUT2D eigenvalue weighted by atomic mass is 32.2. The van der Waals surface area contributed by atoms with E-state index in [1.54, 1.807) is 20.0 Å². The van der Waals surface area contributed by atoms with E-state index >= 15 is 0 Å². The van der Waals surface area contributed by atoms with Crippen molar-refractivity contribution in [1.29, 1.82) is 0 Å². The molecule has 3 aromatic rings. The molecule has 0 unspecified atom stereocenters. The number of anilines is 1. The highest BCUT2D eigenvalue weighted by Gasteiger charge is 2.29. The topological polar surface area (TPSA) is 85.6 Å². The first-order valence-electron chi connectivity index (χ1n) is 7.01. The van der Waals surface area contributed by atoms with Gasteiger partial charge in [-0.2, -0.15) is 4.52 Å². The molecular formula is C15H15FN4O3S. The normalized spacial score (nSPS) is 11.7. The number of nitrogens with zero attached hydrogens (tertiary/aromatic N) is 3. The standard InChI is InChI=1S/C15H15FN4O3S/c1-9-7-12(23-3)20-15(18-9)13(14(17-2)19-20)24(21,22)11-6-4-5-10(16)8-11/h4-8H,1-3H3,(H,17,19). The monoisotopic (exact) mass is 350 g/mol. The molecule has 0 saturated heterocycles. The molecule has 0 atom stereocenters. The number of aromatic nitrogens is 3. The van der Waals surface area contributed by atoms with Crippen LogP contribution in [0.2, 0.25) is 0 Å². The lowest BCUT2D eigenvalue weighted by Crippen LogP contribution is -2.06. The number of ether oxygens (including phenoxy) is 1. The molecule has 1 N–H and O–H groups in total. The maximum atomic E-state index is 13.5. The van der Waals surface area contributed by atoms with Gasteiger partial charge in [0.1, 0.15) is 5.82 Å². The van der Waals surface area contributed by atoms with Gasteiger partial charge >= 0.3 is 0 Å². The summed E-state index contributed by atoms with van der Waals surface area (Å²) in [6.07, 6.45) is 0. The smallest absolute Gasteiger partial charge is 0.218 e. The summed E-state index contributed by atoms with van der Waals surface area (Å²) in [6, 6.07) is 6.45. The zero-order valence-corrected chi connectivity index (χ0v) is 14.1. The number of benzene rings is 1. The maximum absolute atomic E-state index is 13.5. The fourth-order valence-corrected chi connectivity index (χ4v) is 3.93. The van der Waals surface area contributed by atoms with Gasteiger partial charge in [0.15, 0.2) is 16.4 Å². The zero-order chi connectivity index (χ0) is 17.5. The second-order valence-corrected chi connectivity index (χ2v) is 6.95. The number of hydrogen-bond donors (Lipinski definition) is 1. The lowest BCUT2D eigenvalue weighted by Gasteiger charge is -2.06. The van der Waals surface area contributed by atoms with Crippen LogP contribution in [0.15, 0.2) is 40.1 Å². The molecule has 0 aliphatic carbocycles. The summed E-state index contributed by atoms with van der Waals surface area (Å²) in [6.45, 7) is 1.72. The van der Waals surface area contributed by atoms with Gasteiger partial charge in [-0.05, 0) is 25.1 Å². The number of methoxy groups -OCH3 is 1. The van der Waals surface area contributed by atoms with Crippen molar-refractivity contribution < 1.29 is 17.5 Å². The Labute approximate surface area is 138 Å². The third-order valence-electron chi connectivity index (χ3n) is 3.46. The van der Waals surface area contributed by atoms with Gasteiger partial charge in [-0.1, -0.05) is 6.07 Å². The molecule has 0 radical (unpaired) electrons. The molecule has 0 spiro atoms. The van der Waals surface area contributed by atoms with Crippen LogP contribution in [0.3, 0.4) is 0 Å². The van der Waals surface area contributed by atoms with E-state index in [0.717, 1.165) is 6.07 Å². The van der Waals surface area contributed by atoms with E-state index in [1.165, 1.54) is 29.8 Å². The molecule has 3 rings (SSSR count). The predicted molar refractivity (Wildman–Crippen MR) is 85.7 cm³/mol. The van der Waals surface area contributed by atoms with Crippen LogP contribution >= 0.6 is 0 Å². The van der Waals surface area contributed by atoms with Gasteiger partial charge in [-0.3, -0.25) is 0 Å². The van der Waals surface area contributed by atoms with E-state index in [1.807, 2.05) is 0 Å². The number of fused-ring (bicyclic) bond motifs is 1. The third-order valence-corrected chi connectivity index (χ3v) is 5.25. The molecule has 2 heterocycles. The molecule has 1 aromatic carbocycles. The molecule has 0 aliphatic heterocycles. The summed E-state index contributed by atoms with van der Waals surface area (Å²) >= 11 is 0. The van der Waals surface area contributed by atoms with Gasteiger partial charge in [0.25, 0.3) is 0 Å². The van der Waals surface area contributed by atoms with Gasteiger partial charge < -0.3 is 10.1 Å². The number of nitrogens with one attached hydrogen (secondary N) is 1. The van der Waals surface area contributed by atoms with Crippen LogP contribution in [0.5, 0.6) is 5.88 Å². The molecule has 24 heavy (non-hydrogen) atoms. The second kappa shape index (κ2) is 5.75. The quantitative estimate of drug-likeness (QED) is 0.775. The minimum atomic E-state index is -4.03. The van der Waals surface area contributed by atoms with Crippen molar-refractivity contribution >= 4 is 21.3 Å². The number of hydrogen-bond acceptors (Lipinski definition) is 6. The van der Waals surface area contributed by atoms with Crippen LogP contribution in [0.1, 0.15) is 5.69 Å². The van der Waals surface area contributed by atoms with Crippen molar-refractivity contribution in [2.24, 2.45) is 0 Å². The molecule has 0 bridgehead atoms. The Bertz CT molecular complexity index is 1030. The number of halogens is 1. The first kappa shape index (κ1) is 16.2. The average molecular weight is 350 g/mol. The summed E-state index contributed by atoms with van der Waals surface area (Å²) in [5, 5.41) is 6.95. The Balaban J connectivity index is 2.38. The van der Waals surface area contributed by atoms with Crippen molar-refractivity contribution in [2.75, 3.05) is 19.5 Å². The Morgan fingerprint density at radius 2 is 2.04 bits per heavy atom. The largest absolute Gasteiger partial charge is 0.481 e. The van der Waals surface area contributed by atoms with Crippen molar-refractivity contribution in [3.05, 3.63) is 41.8 Å². The van der Waals surface area contributed by atoms with E-state index in [4.69, 9.17) is 4.74 Å². The lowest BCUT2D eigenvalue weighted by molar-refractivity contribution is 0.384. The number of sulfone groups is 1. The van der Waals surface area contributed by atoms with E-state index in [2.05, 4.69) is 15.4 Å². The predicted octanol–water partition coefficient (Wildman–Crippen LogP) is 2.06. The van der Waals surface area contributed by atoms with Gasteiger partial charge in [0.05, 0.1) is 12.0 Å². The van der Waals surface area contributed by atoms with Crippen LogP contribution < -0.4 is 10.1 Å². The first-order valence-corrected chi connectivity index (χ1v) is 8.49. The summed E-state index contributed by atoms with van der Waals surface area (Å²) < 4.78 is 46.0. The Morgan fingerprint density at radius 3 is 2.67 bits per heavy atom. The summed E-state index contributed by atoms with van der Waals surface area (Å²) in [5.41, 5.74) is 0.679. The van der Waals surface area contributed by atoms with E-state index in [-0.39, 0.29) is 21.3 Å². The zero-order valence-electron chi connectivity index (χ0n) is 13.2. The molecule has 0 fully saturated rings. The van der Waals surface area contributed by atoms with Crippen LogP contribution in [0.25, 0.3) is 5.65 Å². The molecular weight excluding hydrogens is 335 g/mol. The van der Waals surface area contributed by atoms with Crippen molar-refractivity contribution in [3.63, 3.8) is 0 Å². The average Bonchev–Trinajstić information content (AvgIpc) is 2.93. The van der Waals surface area contributed by atoms with Crippen LogP contribution in [-0.4, -0.2) is 37.2 Å². The Kier molecular flexibility index (Phi) is 3.88. The SMILES string of the molecule is CNc1nn2c(OC)cc(C)nc2c1S(=O)(=O)c1cccc(F)c1. The van der Waals surface area contributed by atoms with Gasteiger partial charge in [-0.25, -0.2) is 17.8 Å². The van der Waals surface area contributed by atoms with Crippen LogP contribution in [-0.2, 0) is 9.84 Å². The Morgan fingerprint density at radius 1 is 1.29 bits per heavy atom. The van der Waals surface area contributed by atoms with Crippen LogP contribution in [0.4, 0.5) is 10.2 Å². The maximum Gasteiger partial charge on any atom is 0.218 e. The van der Waals surface area contributed by atoms with Gasteiger partial charge in [0, 0.05) is 18.8 Å². The summed E-state index contributed by atoms with van der Waals surface area (Å²) in [4.78, 5) is 3.98. The van der Waals surface area contributed by atoms with Crippen molar-refractivity contribution in [2.45, 2.75) is 16.7 Å². The van der Waals surface area contributed by atoms with Crippen molar-refractivity contribution in [3.8, 4) is 5.88 Å². The molecule has 126 valence electrons. The van der Waals surface area contributed by atoms with Gasteiger partial charge in [-0.15, -0.1) is 5.10 Å². The number of aryl methyl sites for hydroxylation is 1. The lowest BCUT2D eigenvalue weighted by atomic mass is 10.4. The van der Waals surface area contributed by atoms with E-state index in [0.29, 0.717) is 11.6 Å². The Hall–Kier alpha value is -2.68. The third kappa shape index (κ3) is 2.46. The van der Waals surface area contributed by atoms with E-state index < -0.39 is 15.7 Å². The molecule has 7 nitrogen and oxygen atoms in total. The number of rotatable bonds is 4. The molecule has 0 amide bonds. The first-order chi connectivity index (χ1) is 11.4. The summed E-state index contributed by atoms with van der Waals surface area (Å²) in [5.74, 6) is -0.189. The molecule has 0 saturated carbocycles. The van der Waals surface area contributed by atoms with Crippen molar-refractivity contribution in [1.82, 2.24) is 14.6 Å². The van der Waals surface area contributed by atoms with Crippen LogP contribution in [0, 0.1) is 12.7 Å². The molecule has 9 heteroatoms. The fourth-order valence-electron chi connectivity index (χ4n) is 2.39. The van der Waals surface area contributed by atoms with Gasteiger partial charge in [0.2, 0.25) is 15.7 Å². The minimum absolute atomic E-state index is 0.107. The summed E-state index contributed by atoms with van der Waals surface area (Å²) in [7, 11) is -1.03. The fraction of sp³-hybridized carbons (Fsp3) is 0.200. The van der Waals surface area contributed by atoms with E-state index in [9.17, 15) is 12.8 Å². The second-order valence-electron chi connectivity index (χ2n) is 5.06. The minimum Gasteiger partial charge on any atom is -0.481 e.